The Morgan fingerprint density at radius 1 is 0.864 bits per heavy atom. The van der Waals surface area contributed by atoms with E-state index < -0.39 is 0 Å². The number of halogens is 3. The fourth-order valence-corrected chi connectivity index (χ4v) is 2.48. The highest BCUT2D eigenvalue weighted by atomic mass is 35.5. The first-order valence-corrected chi connectivity index (χ1v) is 7.42. The van der Waals surface area contributed by atoms with E-state index in [4.69, 9.17) is 34.8 Å². The van der Waals surface area contributed by atoms with Crippen LogP contribution < -0.4 is 5.32 Å². The van der Waals surface area contributed by atoms with Crippen molar-refractivity contribution in [2.75, 3.05) is 5.32 Å². The van der Waals surface area contributed by atoms with Crippen LogP contribution in [0.4, 0.5) is 11.5 Å². The van der Waals surface area contributed by atoms with Gasteiger partial charge in [0.15, 0.2) is 5.82 Å². The Morgan fingerprint density at radius 2 is 1.64 bits per heavy atom. The van der Waals surface area contributed by atoms with Crippen molar-refractivity contribution >= 4 is 46.3 Å². The van der Waals surface area contributed by atoms with E-state index in [0.29, 0.717) is 32.5 Å². The third kappa shape index (κ3) is 3.47. The molecule has 1 aromatic carbocycles. The van der Waals surface area contributed by atoms with Gasteiger partial charge in [-0.3, -0.25) is 4.98 Å². The first kappa shape index (κ1) is 15.0. The van der Waals surface area contributed by atoms with Crippen LogP contribution in [-0.2, 0) is 0 Å². The molecule has 0 aliphatic rings. The van der Waals surface area contributed by atoms with Crippen molar-refractivity contribution in [3.63, 3.8) is 0 Å². The second-order valence-electron chi connectivity index (χ2n) is 4.38. The van der Waals surface area contributed by atoms with Gasteiger partial charge in [-0.15, -0.1) is 0 Å². The average molecular weight is 352 g/mol. The van der Waals surface area contributed by atoms with Crippen molar-refractivity contribution in [3.8, 4) is 11.4 Å². The molecule has 0 fully saturated rings. The lowest BCUT2D eigenvalue weighted by Crippen LogP contribution is -1.98. The van der Waals surface area contributed by atoms with E-state index in [9.17, 15) is 0 Å². The molecule has 4 nitrogen and oxygen atoms in total. The van der Waals surface area contributed by atoms with Gasteiger partial charge < -0.3 is 5.32 Å². The third-order valence-electron chi connectivity index (χ3n) is 2.83. The van der Waals surface area contributed by atoms with Crippen molar-refractivity contribution in [1.82, 2.24) is 15.0 Å². The van der Waals surface area contributed by atoms with Gasteiger partial charge in [0.25, 0.3) is 0 Å². The smallest absolute Gasteiger partial charge is 0.163 e. The number of aromatic nitrogens is 3. The van der Waals surface area contributed by atoms with Gasteiger partial charge in [-0.05, 0) is 30.3 Å². The van der Waals surface area contributed by atoms with Gasteiger partial charge in [-0.2, -0.15) is 0 Å². The van der Waals surface area contributed by atoms with E-state index in [1.165, 1.54) is 0 Å². The molecule has 1 N–H and O–H groups in total. The van der Waals surface area contributed by atoms with E-state index in [1.807, 2.05) is 12.1 Å². The SMILES string of the molecule is Clc1ccc(Nc2cc(Cl)nc(-c3ccncc3)n2)c(Cl)c1. The molecule has 0 bridgehead atoms. The Hall–Kier alpha value is -1.88. The summed E-state index contributed by atoms with van der Waals surface area (Å²) in [7, 11) is 0. The summed E-state index contributed by atoms with van der Waals surface area (Å²) in [6, 6.07) is 10.4. The molecule has 0 amide bonds. The van der Waals surface area contributed by atoms with E-state index in [-0.39, 0.29) is 0 Å². The molecular weight excluding hydrogens is 343 g/mol. The molecule has 0 aliphatic heterocycles. The topological polar surface area (TPSA) is 50.7 Å². The Labute approximate surface area is 142 Å². The monoisotopic (exact) mass is 350 g/mol. The van der Waals surface area contributed by atoms with Crippen molar-refractivity contribution < 1.29 is 0 Å². The molecule has 0 aliphatic carbocycles. The molecule has 2 aromatic heterocycles. The molecule has 0 atom stereocenters. The van der Waals surface area contributed by atoms with Gasteiger partial charge in [0, 0.05) is 29.0 Å². The van der Waals surface area contributed by atoms with Crippen LogP contribution in [0, 0.1) is 0 Å². The van der Waals surface area contributed by atoms with Gasteiger partial charge >= 0.3 is 0 Å². The van der Waals surface area contributed by atoms with Crippen molar-refractivity contribution in [1.29, 1.82) is 0 Å². The number of pyridine rings is 1. The summed E-state index contributed by atoms with van der Waals surface area (Å²) in [5.41, 5.74) is 1.50. The number of nitrogens with zero attached hydrogens (tertiary/aromatic N) is 3. The zero-order valence-corrected chi connectivity index (χ0v) is 13.4. The predicted molar refractivity (Wildman–Crippen MR) is 90.0 cm³/mol. The molecule has 2 heterocycles. The zero-order valence-electron chi connectivity index (χ0n) is 11.1. The van der Waals surface area contributed by atoms with Crippen molar-refractivity contribution in [3.05, 3.63) is 64.0 Å². The molecule has 3 rings (SSSR count). The Balaban J connectivity index is 1.96. The van der Waals surface area contributed by atoms with Gasteiger partial charge in [-0.25, -0.2) is 9.97 Å². The molecule has 0 saturated heterocycles. The number of hydrogen-bond acceptors (Lipinski definition) is 4. The molecule has 0 saturated carbocycles. The molecule has 22 heavy (non-hydrogen) atoms. The fourth-order valence-electron chi connectivity index (χ4n) is 1.84. The van der Waals surface area contributed by atoms with Crippen LogP contribution in [0.25, 0.3) is 11.4 Å². The standard InChI is InChI=1S/C15H9Cl3N4/c16-10-1-2-12(11(17)7-10)20-14-8-13(18)21-15(22-14)9-3-5-19-6-4-9/h1-8H,(H,20,21,22). The maximum atomic E-state index is 6.14. The summed E-state index contributed by atoms with van der Waals surface area (Å²) in [5, 5.41) is 4.49. The van der Waals surface area contributed by atoms with Crippen LogP contribution in [0.1, 0.15) is 0 Å². The maximum absolute atomic E-state index is 6.14. The van der Waals surface area contributed by atoms with Crippen molar-refractivity contribution in [2.24, 2.45) is 0 Å². The number of nitrogens with one attached hydrogen (secondary N) is 1. The first-order valence-electron chi connectivity index (χ1n) is 6.29. The molecule has 7 heteroatoms. The summed E-state index contributed by atoms with van der Waals surface area (Å²) in [6.45, 7) is 0. The molecule has 0 unspecified atom stereocenters. The van der Waals surface area contributed by atoms with Crippen LogP contribution in [-0.4, -0.2) is 15.0 Å². The molecule has 0 spiro atoms. The van der Waals surface area contributed by atoms with E-state index in [1.54, 1.807) is 36.7 Å². The summed E-state index contributed by atoms with van der Waals surface area (Å²) < 4.78 is 0. The highest BCUT2D eigenvalue weighted by Gasteiger charge is 2.08. The van der Waals surface area contributed by atoms with Crippen molar-refractivity contribution in [2.45, 2.75) is 0 Å². The highest BCUT2D eigenvalue weighted by molar-refractivity contribution is 6.36. The maximum Gasteiger partial charge on any atom is 0.163 e. The number of rotatable bonds is 3. The van der Waals surface area contributed by atoms with Crippen LogP contribution >= 0.6 is 34.8 Å². The van der Waals surface area contributed by atoms with Crippen LogP contribution in [0.15, 0.2) is 48.8 Å². The second-order valence-corrected chi connectivity index (χ2v) is 5.62. The van der Waals surface area contributed by atoms with E-state index >= 15 is 0 Å². The summed E-state index contributed by atoms with van der Waals surface area (Å²) in [5.74, 6) is 1.04. The minimum absolute atomic E-state index is 0.328. The lowest BCUT2D eigenvalue weighted by Gasteiger charge is -2.09. The lowest BCUT2D eigenvalue weighted by atomic mass is 10.2. The largest absolute Gasteiger partial charge is 0.339 e. The predicted octanol–water partition coefficient (Wildman–Crippen LogP) is 5.24. The molecule has 3 aromatic rings. The number of anilines is 2. The summed E-state index contributed by atoms with van der Waals surface area (Å²) in [6.07, 6.45) is 3.34. The zero-order chi connectivity index (χ0) is 15.5. The normalized spacial score (nSPS) is 10.5. The first-order chi connectivity index (χ1) is 10.6. The quantitative estimate of drug-likeness (QED) is 0.655. The summed E-state index contributed by atoms with van der Waals surface area (Å²) in [4.78, 5) is 12.6. The molecular formula is C15H9Cl3N4. The Morgan fingerprint density at radius 3 is 2.36 bits per heavy atom. The average Bonchev–Trinajstić information content (AvgIpc) is 2.50. The van der Waals surface area contributed by atoms with Gasteiger partial charge in [0.1, 0.15) is 11.0 Å². The van der Waals surface area contributed by atoms with Crippen LogP contribution in [0.5, 0.6) is 0 Å². The van der Waals surface area contributed by atoms with Crippen LogP contribution in [0.2, 0.25) is 15.2 Å². The van der Waals surface area contributed by atoms with Gasteiger partial charge in [-0.1, -0.05) is 34.8 Å². The highest BCUT2D eigenvalue weighted by Crippen LogP contribution is 2.29. The number of hydrogen-bond donors (Lipinski definition) is 1. The fraction of sp³-hybridized carbons (Fsp3) is 0. The minimum atomic E-state index is 0.328. The Kier molecular flexibility index (Phi) is 4.43. The van der Waals surface area contributed by atoms with E-state index in [2.05, 4.69) is 20.3 Å². The number of benzene rings is 1. The summed E-state index contributed by atoms with van der Waals surface area (Å²) >= 11 is 18.1. The lowest BCUT2D eigenvalue weighted by molar-refractivity contribution is 1.17. The van der Waals surface area contributed by atoms with E-state index in [0.717, 1.165) is 5.56 Å². The Bertz CT molecular complexity index is 809. The van der Waals surface area contributed by atoms with Gasteiger partial charge in [0.05, 0.1) is 10.7 Å². The van der Waals surface area contributed by atoms with Gasteiger partial charge in [0.2, 0.25) is 0 Å². The second kappa shape index (κ2) is 6.48. The minimum Gasteiger partial charge on any atom is -0.339 e. The third-order valence-corrected chi connectivity index (χ3v) is 3.57. The molecule has 110 valence electrons. The molecule has 0 radical (unpaired) electrons. The van der Waals surface area contributed by atoms with Crippen LogP contribution in [0.3, 0.4) is 0 Å².